The van der Waals surface area contributed by atoms with Crippen molar-refractivity contribution in [3.63, 3.8) is 0 Å². The van der Waals surface area contributed by atoms with Crippen LogP contribution in [0.2, 0.25) is 0 Å². The SMILES string of the molecule is CON=C1C[C@@H](C(=O)NCC(O)CO)N(C(=O)c2ccc(-c3ccccc3C)cc2)C1. The largest absolute Gasteiger partial charge is 0.399 e. The second-order valence-electron chi connectivity index (χ2n) is 7.47. The lowest BCUT2D eigenvalue weighted by Gasteiger charge is -2.24. The minimum atomic E-state index is -1.06. The summed E-state index contributed by atoms with van der Waals surface area (Å²) in [4.78, 5) is 32.1. The highest BCUT2D eigenvalue weighted by atomic mass is 16.6. The Kier molecular flexibility index (Phi) is 7.38. The van der Waals surface area contributed by atoms with Gasteiger partial charge in [0.25, 0.3) is 5.91 Å². The van der Waals surface area contributed by atoms with Crippen molar-refractivity contribution in [3.05, 3.63) is 59.7 Å². The molecule has 1 unspecified atom stereocenters. The van der Waals surface area contributed by atoms with Crippen LogP contribution in [0.25, 0.3) is 11.1 Å². The number of hydrogen-bond acceptors (Lipinski definition) is 6. The number of carbonyl (C=O) groups is 2. The maximum atomic E-state index is 13.2. The number of aliphatic hydroxyl groups excluding tert-OH is 2. The molecule has 3 N–H and O–H groups in total. The minimum absolute atomic E-state index is 0.101. The number of aryl methyl sites for hydroxylation is 1. The average Bonchev–Trinajstić information content (AvgIpc) is 3.21. The second-order valence-corrected chi connectivity index (χ2v) is 7.47. The Bertz CT molecular complexity index is 958. The normalized spacial score (nSPS) is 18.1. The molecule has 0 radical (unpaired) electrons. The van der Waals surface area contributed by atoms with Crippen LogP contribution < -0.4 is 5.32 Å². The molecule has 2 amide bonds. The molecule has 1 saturated heterocycles. The number of benzene rings is 2. The van der Waals surface area contributed by atoms with Crippen molar-refractivity contribution >= 4 is 17.5 Å². The van der Waals surface area contributed by atoms with E-state index in [9.17, 15) is 14.7 Å². The maximum absolute atomic E-state index is 13.2. The standard InChI is InChI=1S/C23H27N3O5/c1-15-5-3-4-6-20(15)16-7-9-17(10-8-16)23(30)26-13-18(25-31-2)11-21(26)22(29)24-12-19(28)14-27/h3-10,19,21,27-28H,11-14H2,1-2H3,(H,24,29)/t19?,21-/m0/s1. The van der Waals surface area contributed by atoms with Gasteiger partial charge in [0.2, 0.25) is 5.91 Å². The van der Waals surface area contributed by atoms with Crippen molar-refractivity contribution < 1.29 is 24.6 Å². The minimum Gasteiger partial charge on any atom is -0.399 e. The molecule has 2 atom stereocenters. The lowest BCUT2D eigenvalue weighted by Crippen LogP contribution is -2.47. The third-order valence-electron chi connectivity index (χ3n) is 5.25. The van der Waals surface area contributed by atoms with E-state index in [1.807, 2.05) is 43.3 Å². The van der Waals surface area contributed by atoms with E-state index >= 15 is 0 Å². The summed E-state index contributed by atoms with van der Waals surface area (Å²) >= 11 is 0. The van der Waals surface area contributed by atoms with Crippen LogP contribution in [0.1, 0.15) is 22.3 Å². The molecule has 1 heterocycles. The molecule has 3 rings (SSSR count). The van der Waals surface area contributed by atoms with Gasteiger partial charge in [-0.15, -0.1) is 0 Å². The first-order chi connectivity index (χ1) is 14.9. The van der Waals surface area contributed by atoms with Gasteiger partial charge in [0.1, 0.15) is 13.2 Å². The van der Waals surface area contributed by atoms with Gasteiger partial charge in [-0.2, -0.15) is 0 Å². The zero-order chi connectivity index (χ0) is 22.4. The lowest BCUT2D eigenvalue weighted by atomic mass is 9.99. The Balaban J connectivity index is 1.79. The van der Waals surface area contributed by atoms with Crippen molar-refractivity contribution in [2.75, 3.05) is 26.8 Å². The first kappa shape index (κ1) is 22.5. The molecule has 0 aromatic heterocycles. The molecule has 1 aliphatic heterocycles. The molecular weight excluding hydrogens is 398 g/mol. The fourth-order valence-corrected chi connectivity index (χ4v) is 3.60. The molecule has 2 aromatic rings. The topological polar surface area (TPSA) is 111 Å². The lowest BCUT2D eigenvalue weighted by molar-refractivity contribution is -0.125. The van der Waals surface area contributed by atoms with Gasteiger partial charge in [-0.05, 0) is 35.7 Å². The Morgan fingerprint density at radius 3 is 2.58 bits per heavy atom. The number of oxime groups is 1. The molecule has 1 fully saturated rings. The number of likely N-dealkylation sites (tertiary alicyclic amines) is 1. The van der Waals surface area contributed by atoms with Gasteiger partial charge >= 0.3 is 0 Å². The van der Waals surface area contributed by atoms with E-state index in [0.717, 1.165) is 16.7 Å². The fraction of sp³-hybridized carbons (Fsp3) is 0.348. The summed E-state index contributed by atoms with van der Waals surface area (Å²) in [6, 6.07) is 14.5. The van der Waals surface area contributed by atoms with E-state index in [2.05, 4.69) is 10.5 Å². The van der Waals surface area contributed by atoms with Crippen LogP contribution in [0.4, 0.5) is 0 Å². The van der Waals surface area contributed by atoms with Gasteiger partial charge in [-0.25, -0.2) is 0 Å². The van der Waals surface area contributed by atoms with E-state index in [1.54, 1.807) is 12.1 Å². The zero-order valence-corrected chi connectivity index (χ0v) is 17.6. The number of amides is 2. The van der Waals surface area contributed by atoms with E-state index in [1.165, 1.54) is 12.0 Å². The Labute approximate surface area is 181 Å². The van der Waals surface area contributed by atoms with Gasteiger partial charge < -0.3 is 25.3 Å². The molecule has 8 heteroatoms. The number of nitrogens with one attached hydrogen (secondary N) is 1. The molecular formula is C23H27N3O5. The van der Waals surface area contributed by atoms with Gasteiger partial charge in [0, 0.05) is 18.5 Å². The Morgan fingerprint density at radius 1 is 1.23 bits per heavy atom. The quantitative estimate of drug-likeness (QED) is 0.580. The highest BCUT2D eigenvalue weighted by molar-refractivity contribution is 6.05. The monoisotopic (exact) mass is 425 g/mol. The molecule has 0 aliphatic carbocycles. The summed E-state index contributed by atoms with van der Waals surface area (Å²) in [6.45, 7) is 1.64. The summed E-state index contributed by atoms with van der Waals surface area (Å²) in [5, 5.41) is 24.9. The number of nitrogens with zero attached hydrogens (tertiary/aromatic N) is 2. The molecule has 8 nitrogen and oxygen atoms in total. The molecule has 31 heavy (non-hydrogen) atoms. The van der Waals surface area contributed by atoms with Crippen molar-refractivity contribution in [2.24, 2.45) is 5.16 Å². The summed E-state index contributed by atoms with van der Waals surface area (Å²) in [5.41, 5.74) is 4.28. The third-order valence-corrected chi connectivity index (χ3v) is 5.25. The van der Waals surface area contributed by atoms with Crippen LogP contribution in [-0.4, -0.2) is 71.6 Å². The van der Waals surface area contributed by atoms with Crippen LogP contribution >= 0.6 is 0 Å². The van der Waals surface area contributed by atoms with E-state index in [-0.39, 0.29) is 25.4 Å². The van der Waals surface area contributed by atoms with Crippen molar-refractivity contribution in [3.8, 4) is 11.1 Å². The second kappa shape index (κ2) is 10.2. The highest BCUT2D eigenvalue weighted by Gasteiger charge is 2.38. The van der Waals surface area contributed by atoms with Gasteiger partial charge in [-0.3, -0.25) is 9.59 Å². The van der Waals surface area contributed by atoms with Crippen LogP contribution in [0, 0.1) is 6.92 Å². The Morgan fingerprint density at radius 2 is 1.94 bits per heavy atom. The fourth-order valence-electron chi connectivity index (χ4n) is 3.60. The van der Waals surface area contributed by atoms with Crippen LogP contribution in [0.15, 0.2) is 53.7 Å². The smallest absolute Gasteiger partial charge is 0.254 e. The summed E-state index contributed by atoms with van der Waals surface area (Å²) in [6.07, 6.45) is -0.822. The van der Waals surface area contributed by atoms with E-state index in [0.29, 0.717) is 11.3 Å². The van der Waals surface area contributed by atoms with Gasteiger partial charge in [-0.1, -0.05) is 41.6 Å². The average molecular weight is 425 g/mol. The van der Waals surface area contributed by atoms with Crippen molar-refractivity contribution in [1.82, 2.24) is 10.2 Å². The first-order valence-electron chi connectivity index (χ1n) is 10.1. The van der Waals surface area contributed by atoms with E-state index < -0.39 is 24.7 Å². The molecule has 164 valence electrons. The summed E-state index contributed by atoms with van der Waals surface area (Å²) < 4.78 is 0. The van der Waals surface area contributed by atoms with Crippen LogP contribution in [0.3, 0.4) is 0 Å². The van der Waals surface area contributed by atoms with Gasteiger partial charge in [0.15, 0.2) is 0 Å². The molecule has 2 aromatic carbocycles. The molecule has 0 bridgehead atoms. The van der Waals surface area contributed by atoms with Crippen LogP contribution in [-0.2, 0) is 9.63 Å². The third kappa shape index (κ3) is 5.28. The van der Waals surface area contributed by atoms with Crippen LogP contribution in [0.5, 0.6) is 0 Å². The zero-order valence-electron chi connectivity index (χ0n) is 17.6. The van der Waals surface area contributed by atoms with Crippen molar-refractivity contribution in [1.29, 1.82) is 0 Å². The molecule has 0 saturated carbocycles. The first-order valence-corrected chi connectivity index (χ1v) is 10.1. The highest BCUT2D eigenvalue weighted by Crippen LogP contribution is 2.25. The Hall–Kier alpha value is -3.23. The number of hydrogen-bond donors (Lipinski definition) is 3. The van der Waals surface area contributed by atoms with E-state index in [4.69, 9.17) is 9.94 Å². The molecule has 1 aliphatic rings. The summed E-state index contributed by atoms with van der Waals surface area (Å²) in [5.74, 6) is -0.709. The number of rotatable bonds is 7. The predicted octanol–water partition coefficient (Wildman–Crippen LogP) is 1.35. The number of aliphatic hydroxyl groups is 2. The molecule has 0 spiro atoms. The predicted molar refractivity (Wildman–Crippen MR) is 117 cm³/mol. The van der Waals surface area contributed by atoms with Gasteiger partial charge in [0.05, 0.1) is 25.0 Å². The maximum Gasteiger partial charge on any atom is 0.254 e. The summed E-state index contributed by atoms with van der Waals surface area (Å²) in [7, 11) is 1.41. The number of carbonyl (C=O) groups excluding carboxylic acids is 2. The van der Waals surface area contributed by atoms with Crippen molar-refractivity contribution in [2.45, 2.75) is 25.5 Å².